The van der Waals surface area contributed by atoms with E-state index in [1.807, 2.05) is 36.1 Å². The van der Waals surface area contributed by atoms with Crippen LogP contribution in [0.4, 0.5) is 0 Å². The number of ether oxygens (including phenoxy) is 1. The minimum absolute atomic E-state index is 0.000500. The van der Waals surface area contributed by atoms with Crippen molar-refractivity contribution in [2.24, 2.45) is 0 Å². The first-order chi connectivity index (χ1) is 15.9. The molecule has 0 radical (unpaired) electrons. The summed E-state index contributed by atoms with van der Waals surface area (Å²) in [5, 5.41) is 18.2. The number of likely N-dealkylation sites (N-methyl/N-ethyl adjacent to an activating group) is 1. The lowest BCUT2D eigenvalue weighted by molar-refractivity contribution is -0.131. The lowest BCUT2D eigenvalue weighted by Crippen LogP contribution is -2.55. The van der Waals surface area contributed by atoms with Crippen molar-refractivity contribution in [2.75, 3.05) is 39.8 Å². The van der Waals surface area contributed by atoms with E-state index >= 15 is 0 Å². The summed E-state index contributed by atoms with van der Waals surface area (Å²) in [5.74, 6) is 0.695. The van der Waals surface area contributed by atoms with E-state index in [9.17, 15) is 14.7 Å². The first-order valence-electron chi connectivity index (χ1n) is 11.6. The number of carbonyl (C=O) groups is 2. The molecule has 178 valence electrons. The largest absolute Gasteiger partial charge is 0.494 e. The predicted molar refractivity (Wildman–Crippen MR) is 124 cm³/mol. The number of aromatic nitrogens is 2. The fraction of sp³-hybridized carbons (Fsp3) is 0.542. The summed E-state index contributed by atoms with van der Waals surface area (Å²) in [6.45, 7) is 6.99. The molecule has 3 atom stereocenters. The van der Waals surface area contributed by atoms with Crippen LogP contribution >= 0.6 is 0 Å². The minimum Gasteiger partial charge on any atom is -0.494 e. The van der Waals surface area contributed by atoms with Gasteiger partial charge in [-0.1, -0.05) is 0 Å². The van der Waals surface area contributed by atoms with Crippen LogP contribution < -0.4 is 4.74 Å². The summed E-state index contributed by atoms with van der Waals surface area (Å²) in [6.07, 6.45) is 0.932. The summed E-state index contributed by atoms with van der Waals surface area (Å²) in [5.41, 5.74) is 1.97. The zero-order valence-corrected chi connectivity index (χ0v) is 19.5. The zero-order valence-electron chi connectivity index (χ0n) is 19.5. The van der Waals surface area contributed by atoms with Gasteiger partial charge in [0.15, 0.2) is 0 Å². The number of amides is 2. The molecule has 2 amide bonds. The Hall–Kier alpha value is -2.91. The Balaban J connectivity index is 1.38. The third kappa shape index (κ3) is 4.89. The van der Waals surface area contributed by atoms with E-state index in [4.69, 9.17) is 4.74 Å². The number of aliphatic hydroxyl groups excluding tert-OH is 1. The average Bonchev–Trinajstić information content (AvgIpc) is 3.46. The number of piperazine rings is 1. The van der Waals surface area contributed by atoms with Crippen LogP contribution in [0.5, 0.6) is 5.75 Å². The van der Waals surface area contributed by atoms with Crippen LogP contribution in [0, 0.1) is 0 Å². The minimum atomic E-state index is -0.628. The van der Waals surface area contributed by atoms with Crippen molar-refractivity contribution < 1.29 is 19.4 Å². The van der Waals surface area contributed by atoms with E-state index in [0.717, 1.165) is 37.2 Å². The highest BCUT2D eigenvalue weighted by molar-refractivity contribution is 5.93. The Morgan fingerprint density at radius 1 is 1.18 bits per heavy atom. The molecule has 9 nitrogen and oxygen atoms in total. The van der Waals surface area contributed by atoms with Crippen LogP contribution in [0.2, 0.25) is 0 Å². The van der Waals surface area contributed by atoms with Crippen molar-refractivity contribution in [3.63, 3.8) is 0 Å². The molecule has 2 heterocycles. The molecule has 1 aliphatic heterocycles. The number of H-pyrrole nitrogens is 1. The SMILES string of the molecule is CCOc1ccc(-c2cc(C(=O)N(C)[C@@H]3CC[C@@H](N4CCN(C(C)=O)CC4)[C@@H]3O)[nH]n2)cc1. The summed E-state index contributed by atoms with van der Waals surface area (Å²) in [6, 6.07) is 9.07. The molecule has 2 aliphatic rings. The van der Waals surface area contributed by atoms with Crippen molar-refractivity contribution in [2.45, 2.75) is 44.9 Å². The van der Waals surface area contributed by atoms with E-state index in [1.165, 1.54) is 0 Å². The molecule has 2 fully saturated rings. The Morgan fingerprint density at radius 2 is 1.88 bits per heavy atom. The van der Waals surface area contributed by atoms with Gasteiger partial charge in [-0.15, -0.1) is 0 Å². The van der Waals surface area contributed by atoms with Crippen LogP contribution in [-0.2, 0) is 4.79 Å². The third-order valence-electron chi connectivity index (χ3n) is 6.86. The lowest BCUT2D eigenvalue weighted by Gasteiger charge is -2.39. The normalized spacial score (nSPS) is 23.5. The summed E-state index contributed by atoms with van der Waals surface area (Å²) in [7, 11) is 1.74. The maximum Gasteiger partial charge on any atom is 0.271 e. The second-order valence-corrected chi connectivity index (χ2v) is 8.78. The van der Waals surface area contributed by atoms with Gasteiger partial charge < -0.3 is 19.6 Å². The fourth-order valence-electron chi connectivity index (χ4n) is 4.94. The molecule has 0 unspecified atom stereocenters. The van der Waals surface area contributed by atoms with Gasteiger partial charge in [-0.05, 0) is 50.1 Å². The molecule has 2 N–H and O–H groups in total. The molecule has 1 aromatic carbocycles. The topological polar surface area (TPSA) is 102 Å². The van der Waals surface area contributed by atoms with Crippen molar-refractivity contribution in [1.29, 1.82) is 0 Å². The van der Waals surface area contributed by atoms with Gasteiger partial charge >= 0.3 is 0 Å². The number of hydrogen-bond donors (Lipinski definition) is 2. The van der Waals surface area contributed by atoms with E-state index in [2.05, 4.69) is 15.1 Å². The quantitative estimate of drug-likeness (QED) is 0.686. The fourth-order valence-corrected chi connectivity index (χ4v) is 4.94. The van der Waals surface area contributed by atoms with E-state index in [0.29, 0.717) is 31.1 Å². The highest BCUT2D eigenvalue weighted by Gasteiger charge is 2.42. The molecule has 33 heavy (non-hydrogen) atoms. The molecule has 1 saturated carbocycles. The number of carbonyl (C=O) groups excluding carboxylic acids is 2. The lowest BCUT2D eigenvalue weighted by atomic mass is 10.1. The standard InChI is InChI=1S/C24H33N5O4/c1-4-33-18-7-5-17(6-8-18)19-15-20(26-25-19)24(32)27(3)21-9-10-22(23(21)31)29-13-11-28(12-14-29)16(2)30/h5-8,15,21-23,31H,4,9-14H2,1-3H3,(H,25,26)/t21-,22-,23-/m1/s1. The highest BCUT2D eigenvalue weighted by Crippen LogP contribution is 2.30. The second-order valence-electron chi connectivity index (χ2n) is 8.78. The van der Waals surface area contributed by atoms with Gasteiger partial charge in [0.05, 0.1) is 24.4 Å². The van der Waals surface area contributed by atoms with Crippen LogP contribution in [0.15, 0.2) is 30.3 Å². The van der Waals surface area contributed by atoms with E-state index in [1.54, 1.807) is 24.9 Å². The van der Waals surface area contributed by atoms with Gasteiger partial charge in [0.1, 0.15) is 11.4 Å². The summed E-state index contributed by atoms with van der Waals surface area (Å²) in [4.78, 5) is 30.4. The van der Waals surface area contributed by atoms with E-state index < -0.39 is 6.10 Å². The molecule has 2 aromatic rings. The Labute approximate surface area is 194 Å². The first kappa shape index (κ1) is 23.3. The number of aliphatic hydroxyl groups is 1. The molecular formula is C24H33N5O4. The number of rotatable bonds is 6. The maximum atomic E-state index is 13.1. The molecule has 9 heteroatoms. The van der Waals surface area contributed by atoms with Crippen molar-refractivity contribution in [3.8, 4) is 17.0 Å². The first-order valence-corrected chi connectivity index (χ1v) is 11.6. The zero-order chi connectivity index (χ0) is 23.5. The summed E-state index contributed by atoms with van der Waals surface area (Å²) >= 11 is 0. The van der Waals surface area contributed by atoms with Gasteiger partial charge in [-0.25, -0.2) is 0 Å². The predicted octanol–water partition coefficient (Wildman–Crippen LogP) is 1.60. The van der Waals surface area contributed by atoms with Gasteiger partial charge in [-0.3, -0.25) is 19.6 Å². The molecule has 0 bridgehead atoms. The van der Waals surface area contributed by atoms with Gasteiger partial charge in [-0.2, -0.15) is 5.10 Å². The molecule has 4 rings (SSSR count). The number of nitrogens with one attached hydrogen (secondary N) is 1. The maximum absolute atomic E-state index is 13.1. The second kappa shape index (κ2) is 9.93. The number of benzene rings is 1. The molecule has 0 spiro atoms. The monoisotopic (exact) mass is 455 g/mol. The molecule has 1 aliphatic carbocycles. The average molecular weight is 456 g/mol. The van der Waals surface area contributed by atoms with Gasteiger partial charge in [0.2, 0.25) is 5.91 Å². The highest BCUT2D eigenvalue weighted by atomic mass is 16.5. The van der Waals surface area contributed by atoms with Crippen molar-refractivity contribution in [1.82, 2.24) is 24.9 Å². The number of nitrogens with zero attached hydrogens (tertiary/aromatic N) is 4. The van der Waals surface area contributed by atoms with E-state index in [-0.39, 0.29) is 23.9 Å². The van der Waals surface area contributed by atoms with Crippen LogP contribution in [0.25, 0.3) is 11.3 Å². The van der Waals surface area contributed by atoms with Crippen molar-refractivity contribution in [3.05, 3.63) is 36.0 Å². The molecule has 1 aromatic heterocycles. The Morgan fingerprint density at radius 3 is 2.52 bits per heavy atom. The van der Waals surface area contributed by atoms with Crippen LogP contribution in [0.1, 0.15) is 37.2 Å². The Kier molecular flexibility index (Phi) is 6.99. The molecular weight excluding hydrogens is 422 g/mol. The number of hydrogen-bond acceptors (Lipinski definition) is 6. The van der Waals surface area contributed by atoms with Crippen molar-refractivity contribution >= 4 is 11.8 Å². The van der Waals surface area contributed by atoms with Crippen LogP contribution in [0.3, 0.4) is 0 Å². The number of aromatic amines is 1. The van der Waals surface area contributed by atoms with Gasteiger partial charge in [0, 0.05) is 51.8 Å². The third-order valence-corrected chi connectivity index (χ3v) is 6.86. The Bertz CT molecular complexity index is 967. The van der Waals surface area contributed by atoms with Crippen LogP contribution in [-0.4, -0.2) is 99.8 Å². The molecule has 1 saturated heterocycles. The smallest absolute Gasteiger partial charge is 0.271 e. The summed E-state index contributed by atoms with van der Waals surface area (Å²) < 4.78 is 5.47. The van der Waals surface area contributed by atoms with Gasteiger partial charge in [0.25, 0.3) is 5.91 Å².